The van der Waals surface area contributed by atoms with Gasteiger partial charge in [0.25, 0.3) is 0 Å². The van der Waals surface area contributed by atoms with Gasteiger partial charge >= 0.3 is 0 Å². The average Bonchev–Trinajstić information content (AvgIpc) is 3.73. The van der Waals surface area contributed by atoms with Crippen molar-refractivity contribution in [1.29, 1.82) is 0 Å². The highest BCUT2D eigenvalue weighted by atomic mass is 32.1. The number of rotatable bonds is 4. The van der Waals surface area contributed by atoms with Crippen LogP contribution in [0.2, 0.25) is 0 Å². The molecule has 2 nitrogen and oxygen atoms in total. The summed E-state index contributed by atoms with van der Waals surface area (Å²) in [6.45, 7) is 4.77. The van der Waals surface area contributed by atoms with E-state index in [0.717, 1.165) is 39.3 Å². The van der Waals surface area contributed by atoms with Crippen LogP contribution in [-0.4, -0.2) is 9.97 Å². The molecule has 1 aliphatic rings. The van der Waals surface area contributed by atoms with Gasteiger partial charge in [-0.2, -0.15) is 0 Å². The van der Waals surface area contributed by atoms with Crippen molar-refractivity contribution in [3.8, 4) is 56.2 Å². The molecule has 0 N–H and O–H groups in total. The predicted octanol–water partition coefficient (Wildman–Crippen LogP) is 14.1. The molecular formula is C51H34N2S. The third kappa shape index (κ3) is 4.58. The van der Waals surface area contributed by atoms with Crippen LogP contribution in [0.1, 0.15) is 25.0 Å². The van der Waals surface area contributed by atoms with Crippen LogP contribution in [0.4, 0.5) is 0 Å². The van der Waals surface area contributed by atoms with Crippen LogP contribution in [0, 0.1) is 0 Å². The van der Waals surface area contributed by atoms with E-state index in [9.17, 15) is 0 Å². The summed E-state index contributed by atoms with van der Waals surface area (Å²) >= 11 is 1.83. The summed E-state index contributed by atoms with van der Waals surface area (Å²) < 4.78 is 2.53. The number of nitrogens with zero attached hydrogens (tertiary/aromatic N) is 2. The number of aromatic nitrogens is 2. The van der Waals surface area contributed by atoms with Crippen LogP contribution in [-0.2, 0) is 5.41 Å². The summed E-state index contributed by atoms with van der Waals surface area (Å²) in [5, 5.41) is 7.48. The highest BCUT2D eigenvalue weighted by molar-refractivity contribution is 7.26. The number of hydrogen-bond donors (Lipinski definition) is 0. The van der Waals surface area contributed by atoms with E-state index < -0.39 is 0 Å². The van der Waals surface area contributed by atoms with Crippen molar-refractivity contribution in [2.45, 2.75) is 19.3 Å². The lowest BCUT2D eigenvalue weighted by atomic mass is 9.78. The van der Waals surface area contributed by atoms with Crippen molar-refractivity contribution in [2.75, 3.05) is 0 Å². The van der Waals surface area contributed by atoms with E-state index in [4.69, 9.17) is 9.97 Å². The Kier molecular flexibility index (Phi) is 6.80. The molecule has 0 unspecified atom stereocenters. The Bertz CT molecular complexity index is 3130. The molecule has 2 heterocycles. The van der Waals surface area contributed by atoms with Crippen molar-refractivity contribution in [3.63, 3.8) is 0 Å². The van der Waals surface area contributed by atoms with Gasteiger partial charge < -0.3 is 0 Å². The third-order valence-corrected chi connectivity index (χ3v) is 12.7. The SMILES string of the molecule is CC1(C)c2ccc3ccccc3c2-c2cccc(-c3ccc(-c4nc(-c5ccccc5)cc(-c5cccc6c5sc5ccccc56)n4)c4ccccc34)c21. The first-order chi connectivity index (χ1) is 26.5. The van der Waals surface area contributed by atoms with Crippen molar-refractivity contribution in [3.05, 3.63) is 181 Å². The molecule has 0 atom stereocenters. The van der Waals surface area contributed by atoms with Gasteiger partial charge in [-0.05, 0) is 73.1 Å². The van der Waals surface area contributed by atoms with E-state index in [-0.39, 0.29) is 5.41 Å². The maximum atomic E-state index is 5.40. The second-order valence-corrected chi connectivity index (χ2v) is 15.9. The summed E-state index contributed by atoms with van der Waals surface area (Å²) in [5.41, 5.74) is 12.9. The minimum atomic E-state index is -0.166. The van der Waals surface area contributed by atoms with Gasteiger partial charge in [-0.1, -0.05) is 166 Å². The zero-order valence-electron chi connectivity index (χ0n) is 30.0. The molecule has 0 bridgehead atoms. The Labute approximate surface area is 318 Å². The second-order valence-electron chi connectivity index (χ2n) is 14.9. The molecule has 254 valence electrons. The van der Waals surface area contributed by atoms with Gasteiger partial charge in [0, 0.05) is 42.3 Å². The number of fused-ring (bicyclic) bond motifs is 9. The maximum absolute atomic E-state index is 5.40. The quantitative estimate of drug-likeness (QED) is 0.182. The molecule has 0 amide bonds. The largest absolute Gasteiger partial charge is 0.228 e. The van der Waals surface area contributed by atoms with Crippen molar-refractivity contribution >= 4 is 53.1 Å². The van der Waals surface area contributed by atoms with Crippen molar-refractivity contribution in [1.82, 2.24) is 9.97 Å². The number of hydrogen-bond acceptors (Lipinski definition) is 3. The molecular weight excluding hydrogens is 673 g/mol. The molecule has 0 spiro atoms. The summed E-state index contributed by atoms with van der Waals surface area (Å²) in [7, 11) is 0. The highest BCUT2D eigenvalue weighted by Crippen LogP contribution is 2.55. The van der Waals surface area contributed by atoms with Crippen molar-refractivity contribution < 1.29 is 0 Å². The van der Waals surface area contributed by atoms with E-state index in [2.05, 4.69) is 184 Å². The molecule has 0 radical (unpaired) electrons. The summed E-state index contributed by atoms with van der Waals surface area (Å²) in [5.74, 6) is 0.727. The fourth-order valence-electron chi connectivity index (χ4n) is 9.02. The monoisotopic (exact) mass is 706 g/mol. The van der Waals surface area contributed by atoms with Gasteiger partial charge in [0.1, 0.15) is 0 Å². The van der Waals surface area contributed by atoms with E-state index in [1.165, 1.54) is 69.7 Å². The average molecular weight is 707 g/mol. The zero-order chi connectivity index (χ0) is 36.0. The van der Waals surface area contributed by atoms with Gasteiger partial charge in [0.05, 0.1) is 11.4 Å². The zero-order valence-corrected chi connectivity index (χ0v) is 30.8. The van der Waals surface area contributed by atoms with Crippen LogP contribution in [0.25, 0.3) is 97.9 Å². The molecule has 8 aromatic carbocycles. The highest BCUT2D eigenvalue weighted by Gasteiger charge is 2.38. The smallest absolute Gasteiger partial charge is 0.161 e. The van der Waals surface area contributed by atoms with Crippen LogP contribution in [0.5, 0.6) is 0 Å². The standard InChI is InChI=1S/C51H34N2S/c1-51(2)43-29-26-31-14-6-7-17-33(31)47(43)42-24-12-21-38(48(42)51)36-27-28-40(35-19-9-8-18-34(35)36)50-52-44(32-15-4-3-5-16-32)30-45(53-50)41-23-13-22-39-37-20-10-11-25-46(37)54-49(39)41/h3-30H,1-2H3. The number of thiophene rings is 1. The molecule has 3 heteroatoms. The molecule has 0 saturated carbocycles. The van der Waals surface area contributed by atoms with E-state index in [1.807, 2.05) is 11.3 Å². The Balaban J connectivity index is 1.13. The Hall–Kier alpha value is -6.42. The van der Waals surface area contributed by atoms with Gasteiger partial charge in [0.15, 0.2) is 5.82 Å². The molecule has 1 aliphatic carbocycles. The first-order valence-electron chi connectivity index (χ1n) is 18.6. The molecule has 0 fully saturated rings. The molecule has 11 rings (SSSR count). The van der Waals surface area contributed by atoms with E-state index in [0.29, 0.717) is 0 Å². The normalized spacial score (nSPS) is 13.1. The van der Waals surface area contributed by atoms with Crippen LogP contribution in [0.15, 0.2) is 170 Å². The lowest BCUT2D eigenvalue weighted by molar-refractivity contribution is 0.662. The fraction of sp³-hybridized carbons (Fsp3) is 0.0588. The van der Waals surface area contributed by atoms with Gasteiger partial charge in [-0.25, -0.2) is 9.97 Å². The predicted molar refractivity (Wildman–Crippen MR) is 229 cm³/mol. The summed E-state index contributed by atoms with van der Waals surface area (Å²) in [6, 6.07) is 61.5. The van der Waals surface area contributed by atoms with Crippen molar-refractivity contribution in [2.24, 2.45) is 0 Å². The topological polar surface area (TPSA) is 25.8 Å². The van der Waals surface area contributed by atoms with Gasteiger partial charge in [0.2, 0.25) is 0 Å². The summed E-state index contributed by atoms with van der Waals surface area (Å²) in [6.07, 6.45) is 0. The maximum Gasteiger partial charge on any atom is 0.161 e. The Morgan fingerprint density at radius 3 is 1.93 bits per heavy atom. The molecule has 0 aliphatic heterocycles. The molecule has 0 saturated heterocycles. The molecule has 54 heavy (non-hydrogen) atoms. The Morgan fingerprint density at radius 1 is 0.444 bits per heavy atom. The minimum Gasteiger partial charge on any atom is -0.228 e. The lowest BCUT2D eigenvalue weighted by Gasteiger charge is -2.25. The van der Waals surface area contributed by atoms with Crippen LogP contribution in [0.3, 0.4) is 0 Å². The van der Waals surface area contributed by atoms with E-state index in [1.54, 1.807) is 0 Å². The van der Waals surface area contributed by atoms with Crippen LogP contribution < -0.4 is 0 Å². The van der Waals surface area contributed by atoms with Gasteiger partial charge in [-0.15, -0.1) is 11.3 Å². The third-order valence-electron chi connectivity index (χ3n) is 11.5. The Morgan fingerprint density at radius 2 is 1.07 bits per heavy atom. The van der Waals surface area contributed by atoms with Crippen LogP contribution >= 0.6 is 11.3 Å². The van der Waals surface area contributed by atoms with E-state index >= 15 is 0 Å². The first-order valence-corrected chi connectivity index (χ1v) is 19.4. The second kappa shape index (κ2) is 11.8. The number of benzene rings is 8. The fourth-order valence-corrected chi connectivity index (χ4v) is 10.2. The summed E-state index contributed by atoms with van der Waals surface area (Å²) in [4.78, 5) is 10.7. The molecule has 2 aromatic heterocycles. The lowest BCUT2D eigenvalue weighted by Crippen LogP contribution is -2.16. The first kappa shape index (κ1) is 31.1. The van der Waals surface area contributed by atoms with Gasteiger partial charge in [-0.3, -0.25) is 0 Å². The minimum absolute atomic E-state index is 0.166. The molecule has 10 aromatic rings.